The van der Waals surface area contributed by atoms with Crippen LogP contribution in [0.1, 0.15) is 19.3 Å². The normalized spacial score (nSPS) is 32.2. The Morgan fingerprint density at radius 2 is 2.15 bits per heavy atom. The second-order valence-corrected chi connectivity index (χ2v) is 5.97. The van der Waals surface area contributed by atoms with Crippen LogP contribution in [-0.2, 0) is 10.8 Å². The van der Waals surface area contributed by atoms with Crippen molar-refractivity contribution in [1.82, 2.24) is 4.90 Å². The maximum atomic E-state index is 11.5. The summed E-state index contributed by atoms with van der Waals surface area (Å²) in [4.78, 5) is 2.34. The van der Waals surface area contributed by atoms with Gasteiger partial charge in [-0.25, -0.2) is 0 Å². The van der Waals surface area contributed by atoms with Crippen molar-refractivity contribution in [1.29, 1.82) is 0 Å². The topological polar surface area (TPSA) is 46.3 Å². The first kappa shape index (κ1) is 9.62. The van der Waals surface area contributed by atoms with E-state index in [1.807, 2.05) is 0 Å². The third kappa shape index (κ3) is 2.76. The van der Waals surface area contributed by atoms with Gasteiger partial charge in [-0.2, -0.15) is 0 Å². The molecule has 1 saturated carbocycles. The monoisotopic (exact) mass is 202 g/mol. The Morgan fingerprint density at radius 3 is 2.69 bits per heavy atom. The van der Waals surface area contributed by atoms with Crippen LogP contribution in [0.25, 0.3) is 0 Å². The Labute approximate surface area is 82.1 Å². The molecule has 1 heterocycles. The lowest BCUT2D eigenvalue weighted by atomic mass is 10.3. The van der Waals surface area contributed by atoms with Crippen LogP contribution in [0.15, 0.2) is 0 Å². The fraction of sp³-hybridized carbons (Fsp3) is 1.00. The van der Waals surface area contributed by atoms with E-state index in [9.17, 15) is 4.21 Å². The van der Waals surface area contributed by atoms with Crippen molar-refractivity contribution in [2.75, 3.05) is 25.4 Å². The predicted molar refractivity (Wildman–Crippen MR) is 55.1 cm³/mol. The molecule has 76 valence electrons. The Balaban J connectivity index is 1.64. The van der Waals surface area contributed by atoms with E-state index in [0.717, 1.165) is 31.8 Å². The molecule has 2 aliphatic rings. The van der Waals surface area contributed by atoms with Crippen LogP contribution < -0.4 is 5.73 Å². The average Bonchev–Trinajstić information content (AvgIpc) is 2.87. The maximum absolute atomic E-state index is 11.5. The van der Waals surface area contributed by atoms with Gasteiger partial charge in [0, 0.05) is 40.9 Å². The zero-order valence-corrected chi connectivity index (χ0v) is 8.76. The van der Waals surface area contributed by atoms with Crippen molar-refractivity contribution in [2.24, 2.45) is 5.73 Å². The number of nitrogens with zero attached hydrogens (tertiary/aromatic N) is 1. The van der Waals surface area contributed by atoms with Crippen LogP contribution >= 0.6 is 0 Å². The highest BCUT2D eigenvalue weighted by Crippen LogP contribution is 2.26. The molecule has 13 heavy (non-hydrogen) atoms. The van der Waals surface area contributed by atoms with E-state index in [0.29, 0.717) is 11.3 Å². The zero-order valence-electron chi connectivity index (χ0n) is 7.95. The molecular formula is C9H18N2OS. The van der Waals surface area contributed by atoms with Gasteiger partial charge in [0.05, 0.1) is 0 Å². The fourth-order valence-electron chi connectivity index (χ4n) is 1.78. The molecule has 0 bridgehead atoms. The lowest BCUT2D eigenvalue weighted by Gasteiger charge is -2.14. The number of rotatable bonds is 4. The number of hydrogen-bond acceptors (Lipinski definition) is 3. The molecule has 0 aromatic carbocycles. The van der Waals surface area contributed by atoms with E-state index in [2.05, 4.69) is 4.90 Å². The van der Waals surface area contributed by atoms with Gasteiger partial charge >= 0.3 is 0 Å². The first-order chi connectivity index (χ1) is 6.25. The van der Waals surface area contributed by atoms with E-state index in [-0.39, 0.29) is 0 Å². The van der Waals surface area contributed by atoms with Crippen LogP contribution in [0, 0.1) is 0 Å². The summed E-state index contributed by atoms with van der Waals surface area (Å²) in [6.07, 6.45) is 3.48. The molecule has 2 rings (SSSR count). The molecule has 2 fully saturated rings. The summed E-state index contributed by atoms with van der Waals surface area (Å²) >= 11 is 0. The lowest BCUT2D eigenvalue weighted by molar-refractivity contribution is 0.355. The Bertz CT molecular complexity index is 206. The minimum Gasteiger partial charge on any atom is -0.326 e. The third-order valence-corrected chi connectivity index (χ3v) is 4.61. The Hall–Kier alpha value is 0.0700. The molecule has 0 amide bonds. The maximum Gasteiger partial charge on any atom is 0.0365 e. The third-order valence-electron chi connectivity index (χ3n) is 2.81. The van der Waals surface area contributed by atoms with Crippen molar-refractivity contribution in [3.63, 3.8) is 0 Å². The molecule has 2 unspecified atom stereocenters. The van der Waals surface area contributed by atoms with Gasteiger partial charge in [-0.3, -0.25) is 4.21 Å². The molecule has 0 radical (unpaired) electrons. The largest absolute Gasteiger partial charge is 0.326 e. The van der Waals surface area contributed by atoms with Gasteiger partial charge in [-0.15, -0.1) is 0 Å². The summed E-state index contributed by atoms with van der Waals surface area (Å²) in [5.41, 5.74) is 5.79. The smallest absolute Gasteiger partial charge is 0.0365 e. The molecule has 1 aliphatic heterocycles. The molecule has 0 spiro atoms. The van der Waals surface area contributed by atoms with E-state index in [1.165, 1.54) is 12.8 Å². The van der Waals surface area contributed by atoms with Crippen molar-refractivity contribution in [2.45, 2.75) is 30.6 Å². The molecule has 4 heteroatoms. The molecule has 2 atom stereocenters. The van der Waals surface area contributed by atoms with E-state index in [1.54, 1.807) is 0 Å². The Kier molecular flexibility index (Phi) is 3.01. The van der Waals surface area contributed by atoms with E-state index in [4.69, 9.17) is 5.73 Å². The highest BCUT2D eigenvalue weighted by Gasteiger charge is 2.28. The zero-order chi connectivity index (χ0) is 9.26. The highest BCUT2D eigenvalue weighted by molar-refractivity contribution is 7.85. The molecule has 0 aromatic rings. The van der Waals surface area contributed by atoms with Gasteiger partial charge in [0.1, 0.15) is 0 Å². The van der Waals surface area contributed by atoms with Crippen LogP contribution in [0.4, 0.5) is 0 Å². The second-order valence-electron chi connectivity index (χ2n) is 4.13. The summed E-state index contributed by atoms with van der Waals surface area (Å²) in [5.74, 6) is 0.859. The van der Waals surface area contributed by atoms with Crippen LogP contribution in [-0.4, -0.2) is 45.8 Å². The summed E-state index contributed by atoms with van der Waals surface area (Å²) in [6.45, 7) is 3.09. The number of likely N-dealkylation sites (tertiary alicyclic amines) is 1. The molecular weight excluding hydrogens is 184 g/mol. The van der Waals surface area contributed by atoms with Crippen molar-refractivity contribution in [3.8, 4) is 0 Å². The van der Waals surface area contributed by atoms with Gasteiger partial charge in [0.25, 0.3) is 0 Å². The van der Waals surface area contributed by atoms with Crippen LogP contribution in [0.3, 0.4) is 0 Å². The van der Waals surface area contributed by atoms with Gasteiger partial charge in [0.2, 0.25) is 0 Å². The number of nitrogens with two attached hydrogens (primary N) is 1. The van der Waals surface area contributed by atoms with E-state index < -0.39 is 10.8 Å². The summed E-state index contributed by atoms with van der Waals surface area (Å²) in [6, 6.07) is 0.356. The van der Waals surface area contributed by atoms with Crippen molar-refractivity contribution in [3.05, 3.63) is 0 Å². The van der Waals surface area contributed by atoms with Gasteiger partial charge in [-0.05, 0) is 25.8 Å². The summed E-state index contributed by atoms with van der Waals surface area (Å²) < 4.78 is 11.5. The average molecular weight is 202 g/mol. The first-order valence-electron chi connectivity index (χ1n) is 5.11. The molecule has 1 saturated heterocycles. The van der Waals surface area contributed by atoms with Crippen molar-refractivity contribution < 1.29 is 4.21 Å². The Morgan fingerprint density at radius 1 is 1.38 bits per heavy atom. The molecule has 2 N–H and O–H groups in total. The minimum absolute atomic E-state index is 0.356. The standard InChI is InChI=1S/C9H18N2OS/c10-8-3-4-11(7-8)5-6-13(12)9-1-2-9/h8-9H,1-7,10H2. The molecule has 1 aliphatic carbocycles. The first-order valence-corrected chi connectivity index (χ1v) is 6.49. The lowest BCUT2D eigenvalue weighted by Crippen LogP contribution is -2.30. The van der Waals surface area contributed by atoms with Gasteiger partial charge in [-0.1, -0.05) is 0 Å². The number of hydrogen-bond donors (Lipinski definition) is 1. The highest BCUT2D eigenvalue weighted by atomic mass is 32.2. The summed E-state index contributed by atoms with van der Waals surface area (Å²) in [7, 11) is -0.550. The van der Waals surface area contributed by atoms with Crippen molar-refractivity contribution >= 4 is 10.8 Å². The predicted octanol–water partition coefficient (Wildman–Crippen LogP) is -0.0695. The van der Waals surface area contributed by atoms with Crippen LogP contribution in [0.2, 0.25) is 0 Å². The SMILES string of the molecule is NC1CCN(CCS(=O)C2CC2)C1. The fourth-order valence-corrected chi connectivity index (χ4v) is 3.22. The summed E-state index contributed by atoms with van der Waals surface area (Å²) in [5, 5.41) is 0.538. The quantitative estimate of drug-likeness (QED) is 0.694. The molecule has 3 nitrogen and oxygen atoms in total. The van der Waals surface area contributed by atoms with Crippen LogP contribution in [0.5, 0.6) is 0 Å². The second kappa shape index (κ2) is 4.07. The van der Waals surface area contributed by atoms with E-state index >= 15 is 0 Å². The van der Waals surface area contributed by atoms with Gasteiger partial charge in [0.15, 0.2) is 0 Å². The minimum atomic E-state index is -0.550. The molecule has 0 aromatic heterocycles. The van der Waals surface area contributed by atoms with Gasteiger partial charge < -0.3 is 10.6 Å².